The Hall–Kier alpha value is -2.66. The van der Waals surface area contributed by atoms with Gasteiger partial charge in [-0.05, 0) is 30.7 Å². The summed E-state index contributed by atoms with van der Waals surface area (Å²) in [5.41, 5.74) is 1.41. The van der Waals surface area contributed by atoms with Crippen LogP contribution in [0.25, 0.3) is 16.6 Å². The highest BCUT2D eigenvalue weighted by Crippen LogP contribution is 2.25. The molecule has 26 heavy (non-hydrogen) atoms. The topological polar surface area (TPSA) is 60.7 Å². The minimum atomic E-state index is -0.0570. The lowest BCUT2D eigenvalue weighted by atomic mass is 10.1. The number of nitrogens with zero attached hydrogens (tertiary/aromatic N) is 2. The van der Waals surface area contributed by atoms with E-state index in [-0.39, 0.29) is 11.6 Å². The zero-order valence-corrected chi connectivity index (χ0v) is 15.6. The Balaban J connectivity index is 2.32. The molecule has 5 heteroatoms. The van der Waals surface area contributed by atoms with Crippen molar-refractivity contribution >= 4 is 10.9 Å². The molecule has 1 heterocycles. The van der Waals surface area contributed by atoms with E-state index in [4.69, 9.17) is 9.72 Å². The first-order chi connectivity index (χ1) is 12.7. The summed E-state index contributed by atoms with van der Waals surface area (Å²) in [4.78, 5) is 18.3. The zero-order valence-electron chi connectivity index (χ0n) is 15.6. The normalized spacial score (nSPS) is 12.3. The van der Waals surface area contributed by atoms with Gasteiger partial charge in [-0.1, -0.05) is 38.1 Å². The molecule has 3 rings (SSSR count). The van der Waals surface area contributed by atoms with Crippen LogP contribution >= 0.6 is 0 Å². The molecule has 1 aromatic heterocycles. The van der Waals surface area contributed by atoms with E-state index in [1.54, 1.807) is 11.7 Å². The number of methoxy groups -OCH3 is 1. The van der Waals surface area contributed by atoms with E-state index in [1.165, 1.54) is 0 Å². The van der Waals surface area contributed by atoms with Crippen molar-refractivity contribution in [2.45, 2.75) is 32.7 Å². The number of quaternary nitrogens is 1. The van der Waals surface area contributed by atoms with Gasteiger partial charge in [-0.25, -0.2) is 4.98 Å². The number of rotatable bonds is 7. The van der Waals surface area contributed by atoms with Gasteiger partial charge in [0.25, 0.3) is 5.56 Å². The first-order valence-corrected chi connectivity index (χ1v) is 9.19. The van der Waals surface area contributed by atoms with Crippen molar-refractivity contribution in [3.63, 3.8) is 0 Å². The number of hydrogen-bond donors (Lipinski definition) is 1. The van der Waals surface area contributed by atoms with Crippen molar-refractivity contribution in [1.82, 2.24) is 9.55 Å². The van der Waals surface area contributed by atoms with Crippen LogP contribution in [0.3, 0.4) is 0 Å². The third-order valence-electron chi connectivity index (χ3n) is 4.64. The number of aromatic nitrogens is 2. The number of para-hydroxylation sites is 3. The van der Waals surface area contributed by atoms with E-state index in [2.05, 4.69) is 19.2 Å². The molecule has 5 nitrogen and oxygen atoms in total. The predicted molar refractivity (Wildman–Crippen MR) is 104 cm³/mol. The quantitative estimate of drug-likeness (QED) is 0.711. The van der Waals surface area contributed by atoms with Crippen LogP contribution in [-0.4, -0.2) is 23.2 Å². The Labute approximate surface area is 153 Å². The predicted octanol–water partition coefficient (Wildman–Crippen LogP) is 2.82. The van der Waals surface area contributed by atoms with Gasteiger partial charge in [0.15, 0.2) is 5.82 Å². The molecule has 2 N–H and O–H groups in total. The molecule has 0 amide bonds. The minimum absolute atomic E-state index is 0.0570. The smallest absolute Gasteiger partial charge is 0.266 e. The van der Waals surface area contributed by atoms with Crippen LogP contribution in [0.4, 0.5) is 0 Å². The summed E-state index contributed by atoms with van der Waals surface area (Å²) in [5, 5.41) is 2.88. The molecule has 0 saturated heterocycles. The lowest BCUT2D eigenvalue weighted by Gasteiger charge is -2.20. The Morgan fingerprint density at radius 1 is 1.12 bits per heavy atom. The highest BCUT2D eigenvalue weighted by atomic mass is 16.5. The molecule has 1 atom stereocenters. The molecule has 0 saturated carbocycles. The summed E-state index contributed by atoms with van der Waals surface area (Å²) in [6, 6.07) is 15.2. The second-order valence-electron chi connectivity index (χ2n) is 6.34. The molecule has 2 aromatic carbocycles. The molecule has 0 fully saturated rings. The summed E-state index contributed by atoms with van der Waals surface area (Å²) in [7, 11) is 1.62. The standard InChI is InChI=1S/C21H25N3O2/c1-4-14-22-16(5-2)20-23-17-11-7-6-10-15(17)21(25)24(20)18-12-8-9-13-19(18)26-3/h6-13,16,22H,4-5,14H2,1-3H3/p+1/t16-/m1/s1. The van der Waals surface area contributed by atoms with Gasteiger partial charge >= 0.3 is 0 Å². The number of ether oxygens (including phenoxy) is 1. The largest absolute Gasteiger partial charge is 0.495 e. The summed E-state index contributed by atoms with van der Waals surface area (Å²) >= 11 is 0. The second-order valence-corrected chi connectivity index (χ2v) is 6.34. The van der Waals surface area contributed by atoms with E-state index >= 15 is 0 Å². The van der Waals surface area contributed by atoms with Crippen molar-refractivity contribution < 1.29 is 10.1 Å². The van der Waals surface area contributed by atoms with Gasteiger partial charge in [0, 0.05) is 6.42 Å². The Morgan fingerprint density at radius 2 is 1.85 bits per heavy atom. The molecule has 0 aliphatic carbocycles. The first kappa shape index (κ1) is 18.1. The molecular weight excluding hydrogens is 326 g/mol. The molecule has 0 bridgehead atoms. The fourth-order valence-electron chi connectivity index (χ4n) is 3.27. The molecule has 136 valence electrons. The lowest BCUT2D eigenvalue weighted by molar-refractivity contribution is -0.697. The van der Waals surface area contributed by atoms with Crippen LogP contribution in [0.5, 0.6) is 5.75 Å². The van der Waals surface area contributed by atoms with Crippen molar-refractivity contribution in [2.75, 3.05) is 13.7 Å². The molecule has 0 radical (unpaired) electrons. The number of hydrogen-bond acceptors (Lipinski definition) is 3. The van der Waals surface area contributed by atoms with Crippen LogP contribution in [-0.2, 0) is 0 Å². The summed E-state index contributed by atoms with van der Waals surface area (Å²) in [5.74, 6) is 1.44. The van der Waals surface area contributed by atoms with Crippen LogP contribution in [0.2, 0.25) is 0 Å². The molecule has 0 spiro atoms. The van der Waals surface area contributed by atoms with Crippen LogP contribution < -0.4 is 15.6 Å². The van der Waals surface area contributed by atoms with Gasteiger partial charge in [-0.3, -0.25) is 9.36 Å². The van der Waals surface area contributed by atoms with Crippen LogP contribution in [0.15, 0.2) is 53.3 Å². The van der Waals surface area contributed by atoms with Crippen molar-refractivity contribution in [2.24, 2.45) is 0 Å². The van der Waals surface area contributed by atoms with Gasteiger partial charge in [0.05, 0.1) is 30.2 Å². The Bertz CT molecular complexity index is 949. The molecule has 0 unspecified atom stereocenters. The summed E-state index contributed by atoms with van der Waals surface area (Å²) in [6.45, 7) is 5.28. The second kappa shape index (κ2) is 8.15. The van der Waals surface area contributed by atoms with Gasteiger partial charge in [0.2, 0.25) is 0 Å². The minimum Gasteiger partial charge on any atom is -0.495 e. The van der Waals surface area contributed by atoms with Crippen molar-refractivity contribution in [3.05, 3.63) is 64.7 Å². The average molecular weight is 352 g/mol. The fourth-order valence-corrected chi connectivity index (χ4v) is 3.27. The Morgan fingerprint density at radius 3 is 2.58 bits per heavy atom. The maximum absolute atomic E-state index is 13.4. The monoisotopic (exact) mass is 352 g/mol. The number of benzene rings is 2. The molecule has 0 aliphatic rings. The number of nitrogens with two attached hydrogens (primary N) is 1. The van der Waals surface area contributed by atoms with Gasteiger partial charge in [0.1, 0.15) is 11.8 Å². The zero-order chi connectivity index (χ0) is 18.5. The van der Waals surface area contributed by atoms with Gasteiger partial charge in [-0.2, -0.15) is 0 Å². The van der Waals surface area contributed by atoms with Gasteiger partial charge in [-0.15, -0.1) is 0 Å². The first-order valence-electron chi connectivity index (χ1n) is 9.19. The highest BCUT2D eigenvalue weighted by Gasteiger charge is 2.23. The maximum Gasteiger partial charge on any atom is 0.266 e. The van der Waals surface area contributed by atoms with E-state index in [9.17, 15) is 4.79 Å². The number of fused-ring (bicyclic) bond motifs is 1. The van der Waals surface area contributed by atoms with E-state index in [0.29, 0.717) is 11.1 Å². The van der Waals surface area contributed by atoms with Crippen LogP contribution in [0, 0.1) is 0 Å². The molecule has 0 aliphatic heterocycles. The SMILES string of the molecule is CCC[NH2+][C@H](CC)c1nc2ccccc2c(=O)n1-c1ccccc1OC. The van der Waals surface area contributed by atoms with Gasteiger partial charge < -0.3 is 10.1 Å². The van der Waals surface area contributed by atoms with E-state index in [0.717, 1.165) is 36.4 Å². The molecule has 3 aromatic rings. The average Bonchev–Trinajstić information content (AvgIpc) is 2.69. The lowest BCUT2D eigenvalue weighted by Crippen LogP contribution is -2.85. The van der Waals surface area contributed by atoms with Crippen LogP contribution in [0.1, 0.15) is 38.6 Å². The summed E-state index contributed by atoms with van der Waals surface area (Å²) in [6.07, 6.45) is 1.96. The third kappa shape index (κ3) is 3.35. The van der Waals surface area contributed by atoms with Crippen molar-refractivity contribution in [1.29, 1.82) is 0 Å². The summed E-state index contributed by atoms with van der Waals surface area (Å²) < 4.78 is 7.24. The van der Waals surface area contributed by atoms with E-state index < -0.39 is 0 Å². The fraction of sp³-hybridized carbons (Fsp3) is 0.333. The molecular formula is C21H26N3O2+. The Kier molecular flexibility index (Phi) is 5.68. The maximum atomic E-state index is 13.4. The van der Waals surface area contributed by atoms with E-state index in [1.807, 2.05) is 48.5 Å². The third-order valence-corrected chi connectivity index (χ3v) is 4.64. The highest BCUT2D eigenvalue weighted by molar-refractivity contribution is 5.78. The van der Waals surface area contributed by atoms with Crippen molar-refractivity contribution in [3.8, 4) is 11.4 Å².